The van der Waals surface area contributed by atoms with Crippen molar-refractivity contribution in [3.05, 3.63) is 35.9 Å². The van der Waals surface area contributed by atoms with Crippen molar-refractivity contribution in [2.45, 2.75) is 13.8 Å². The maximum absolute atomic E-state index is 12.1. The minimum absolute atomic E-state index is 0.173. The average molecular weight is 292 g/mol. The van der Waals surface area contributed by atoms with Gasteiger partial charge in [0, 0.05) is 17.6 Å². The molecule has 0 radical (unpaired) electrons. The Bertz CT molecular complexity index is 658. The highest BCUT2D eigenvalue weighted by molar-refractivity contribution is 5.90. The van der Waals surface area contributed by atoms with Crippen LogP contribution in [0.15, 0.2) is 30.3 Å². The number of halogens is 2. The van der Waals surface area contributed by atoms with Crippen molar-refractivity contribution in [3.8, 4) is 11.4 Å². The Hall–Kier alpha value is -2.57. The summed E-state index contributed by atoms with van der Waals surface area (Å²) in [6, 6.07) is 6.37. The van der Waals surface area contributed by atoms with Crippen molar-refractivity contribution in [3.63, 3.8) is 0 Å². The molecule has 1 amide bonds. The number of nitrogens with one attached hydrogen (secondary N) is 2. The molecule has 2 aromatic rings. The van der Waals surface area contributed by atoms with Crippen LogP contribution in [0.4, 0.5) is 14.7 Å². The zero-order chi connectivity index (χ0) is 15.4. The lowest BCUT2D eigenvalue weighted by Gasteiger charge is -2.02. The van der Waals surface area contributed by atoms with E-state index in [9.17, 15) is 13.6 Å². The molecule has 1 aromatic heterocycles. The van der Waals surface area contributed by atoms with Gasteiger partial charge < -0.3 is 0 Å². The molecule has 0 aliphatic heterocycles. The highest BCUT2D eigenvalue weighted by atomic mass is 19.3. The lowest BCUT2D eigenvalue weighted by molar-refractivity contribution is -0.118. The Morgan fingerprint density at radius 2 is 1.95 bits per heavy atom. The maximum atomic E-state index is 12.1. The van der Waals surface area contributed by atoms with Crippen LogP contribution < -0.4 is 5.32 Å². The molecule has 1 aromatic carbocycles. The molecule has 1 heterocycles. The van der Waals surface area contributed by atoms with Crippen LogP contribution in [0.1, 0.15) is 19.4 Å². The van der Waals surface area contributed by atoms with Gasteiger partial charge in [-0.15, -0.1) is 5.10 Å². The van der Waals surface area contributed by atoms with Crippen molar-refractivity contribution in [2.75, 3.05) is 5.32 Å². The van der Waals surface area contributed by atoms with Crippen LogP contribution in [-0.2, 0) is 4.79 Å². The number of hydrogen-bond donors (Lipinski definition) is 2. The maximum Gasteiger partial charge on any atom is 0.270 e. The van der Waals surface area contributed by atoms with Crippen molar-refractivity contribution in [1.29, 1.82) is 0 Å². The molecule has 0 saturated carbocycles. The van der Waals surface area contributed by atoms with E-state index in [1.54, 1.807) is 38.1 Å². The predicted octanol–water partition coefficient (Wildman–Crippen LogP) is 3.30. The summed E-state index contributed by atoms with van der Waals surface area (Å²) < 4.78 is 24.3. The summed E-state index contributed by atoms with van der Waals surface area (Å²) in [6.45, 7) is 3.53. The third-order valence-electron chi connectivity index (χ3n) is 2.70. The number of H-pyrrole nitrogens is 1. The zero-order valence-electron chi connectivity index (χ0n) is 11.5. The van der Waals surface area contributed by atoms with Crippen LogP contribution in [-0.4, -0.2) is 21.1 Å². The summed E-state index contributed by atoms with van der Waals surface area (Å²) in [6.07, 6.45) is -0.973. The van der Waals surface area contributed by atoms with E-state index in [-0.39, 0.29) is 17.8 Å². The van der Waals surface area contributed by atoms with E-state index in [1.165, 1.54) is 0 Å². The van der Waals surface area contributed by atoms with E-state index in [0.717, 1.165) is 6.08 Å². The number of carbonyl (C=O) groups excluding carboxylic acids is 1. The Labute approximate surface area is 120 Å². The van der Waals surface area contributed by atoms with Crippen molar-refractivity contribution in [2.24, 2.45) is 5.92 Å². The number of rotatable bonds is 4. The third-order valence-corrected chi connectivity index (χ3v) is 2.70. The second kappa shape index (κ2) is 6.25. The number of aromatic nitrogens is 3. The highest BCUT2D eigenvalue weighted by Crippen LogP contribution is 2.18. The molecule has 21 heavy (non-hydrogen) atoms. The van der Waals surface area contributed by atoms with Gasteiger partial charge in [0.25, 0.3) is 6.08 Å². The second-order valence-electron chi connectivity index (χ2n) is 4.71. The van der Waals surface area contributed by atoms with Crippen molar-refractivity contribution >= 4 is 17.9 Å². The van der Waals surface area contributed by atoms with E-state index in [0.29, 0.717) is 17.0 Å². The first-order chi connectivity index (χ1) is 9.95. The topological polar surface area (TPSA) is 70.7 Å². The minimum Gasteiger partial charge on any atom is -0.293 e. The molecule has 0 atom stereocenters. The SMILES string of the molecule is CC(C)C(=O)Nc1n[nH]c(-c2ccc(C=C(F)F)cc2)n1. The van der Waals surface area contributed by atoms with Gasteiger partial charge in [-0.25, -0.2) is 0 Å². The summed E-state index contributed by atoms with van der Waals surface area (Å²) in [7, 11) is 0. The molecule has 0 saturated heterocycles. The summed E-state index contributed by atoms with van der Waals surface area (Å²) in [4.78, 5) is 15.7. The van der Waals surface area contributed by atoms with Gasteiger partial charge >= 0.3 is 0 Å². The first-order valence-electron chi connectivity index (χ1n) is 6.32. The van der Waals surface area contributed by atoms with Crippen molar-refractivity contribution < 1.29 is 13.6 Å². The van der Waals surface area contributed by atoms with Crippen LogP contribution in [0.5, 0.6) is 0 Å². The van der Waals surface area contributed by atoms with Gasteiger partial charge in [0.1, 0.15) is 0 Å². The van der Waals surface area contributed by atoms with E-state index >= 15 is 0 Å². The van der Waals surface area contributed by atoms with E-state index in [1.807, 2.05) is 0 Å². The monoisotopic (exact) mass is 292 g/mol. The number of anilines is 1. The van der Waals surface area contributed by atoms with E-state index in [4.69, 9.17) is 0 Å². The average Bonchev–Trinajstić information content (AvgIpc) is 2.87. The van der Waals surface area contributed by atoms with Crippen LogP contribution in [0.25, 0.3) is 17.5 Å². The first-order valence-corrected chi connectivity index (χ1v) is 6.32. The standard InChI is InChI=1S/C14H14F2N4O/c1-8(2)13(21)18-14-17-12(19-20-14)10-5-3-9(4-6-10)7-11(15)16/h3-8H,1-2H3,(H2,17,18,19,20,21). The largest absolute Gasteiger partial charge is 0.293 e. The summed E-state index contributed by atoms with van der Waals surface area (Å²) in [5, 5.41) is 9.14. The molecule has 110 valence electrons. The molecule has 0 spiro atoms. The highest BCUT2D eigenvalue weighted by Gasteiger charge is 2.11. The fourth-order valence-corrected chi connectivity index (χ4v) is 1.56. The molecule has 2 rings (SSSR count). The second-order valence-corrected chi connectivity index (χ2v) is 4.71. The minimum atomic E-state index is -1.75. The molecule has 0 fully saturated rings. The molecule has 0 bridgehead atoms. The Morgan fingerprint density at radius 3 is 2.52 bits per heavy atom. The smallest absolute Gasteiger partial charge is 0.270 e. The van der Waals surface area contributed by atoms with Gasteiger partial charge in [0.2, 0.25) is 11.9 Å². The molecule has 7 heteroatoms. The molecule has 2 N–H and O–H groups in total. The van der Waals surface area contributed by atoms with Gasteiger partial charge in [-0.3, -0.25) is 15.2 Å². The summed E-state index contributed by atoms with van der Waals surface area (Å²) in [5.74, 6) is 0.279. The van der Waals surface area contributed by atoms with Crippen LogP contribution >= 0.6 is 0 Å². The summed E-state index contributed by atoms with van der Waals surface area (Å²) >= 11 is 0. The molecule has 0 unspecified atom stereocenters. The van der Waals surface area contributed by atoms with Crippen LogP contribution in [0, 0.1) is 5.92 Å². The van der Waals surface area contributed by atoms with Gasteiger partial charge in [-0.05, 0) is 5.56 Å². The number of aromatic amines is 1. The summed E-state index contributed by atoms with van der Waals surface area (Å²) in [5.41, 5.74) is 1.08. The van der Waals surface area contributed by atoms with Gasteiger partial charge in [0.15, 0.2) is 5.82 Å². The van der Waals surface area contributed by atoms with E-state index in [2.05, 4.69) is 20.5 Å². The fourth-order valence-electron chi connectivity index (χ4n) is 1.56. The first kappa shape index (κ1) is 14.8. The van der Waals surface area contributed by atoms with Gasteiger partial charge in [0.05, 0.1) is 0 Å². The Balaban J connectivity index is 2.14. The van der Waals surface area contributed by atoms with E-state index < -0.39 is 6.08 Å². The predicted molar refractivity (Wildman–Crippen MR) is 75.5 cm³/mol. The normalized spacial score (nSPS) is 10.5. The lowest BCUT2D eigenvalue weighted by Crippen LogP contribution is -2.18. The van der Waals surface area contributed by atoms with Crippen LogP contribution in [0.3, 0.4) is 0 Å². The number of amides is 1. The number of hydrogen-bond acceptors (Lipinski definition) is 3. The number of nitrogens with zero attached hydrogens (tertiary/aromatic N) is 2. The van der Waals surface area contributed by atoms with Crippen molar-refractivity contribution in [1.82, 2.24) is 15.2 Å². The van der Waals surface area contributed by atoms with Gasteiger partial charge in [-0.2, -0.15) is 13.8 Å². The third kappa shape index (κ3) is 3.95. The number of carbonyl (C=O) groups is 1. The molecule has 0 aliphatic carbocycles. The van der Waals surface area contributed by atoms with Crippen LogP contribution in [0.2, 0.25) is 0 Å². The molecular weight excluding hydrogens is 278 g/mol. The Morgan fingerprint density at radius 1 is 1.29 bits per heavy atom. The molecule has 5 nitrogen and oxygen atoms in total. The number of benzene rings is 1. The fraction of sp³-hybridized carbons (Fsp3) is 0.214. The molecule has 0 aliphatic rings. The molecular formula is C14H14F2N4O. The van der Waals surface area contributed by atoms with Gasteiger partial charge in [-0.1, -0.05) is 38.1 Å². The zero-order valence-corrected chi connectivity index (χ0v) is 11.5. The Kier molecular flexibility index (Phi) is 4.42. The lowest BCUT2D eigenvalue weighted by atomic mass is 10.1. The quantitative estimate of drug-likeness (QED) is 0.908.